The van der Waals surface area contributed by atoms with Gasteiger partial charge in [0.15, 0.2) is 0 Å². The van der Waals surface area contributed by atoms with Gasteiger partial charge in [-0.3, -0.25) is 9.55 Å². The number of fused-ring (bicyclic) bond motifs is 1. The van der Waals surface area contributed by atoms with Crippen molar-refractivity contribution in [2.45, 2.75) is 6.92 Å². The molecule has 130 valence electrons. The van der Waals surface area contributed by atoms with E-state index < -0.39 is 0 Å². The molecule has 7 heteroatoms. The van der Waals surface area contributed by atoms with Crippen molar-refractivity contribution in [2.75, 3.05) is 7.11 Å². The Morgan fingerprint density at radius 2 is 2.00 bits per heavy atom. The first-order valence-electron chi connectivity index (χ1n) is 7.99. The average Bonchev–Trinajstić information content (AvgIpc) is 3.00. The normalized spacial score (nSPS) is 10.8. The van der Waals surface area contributed by atoms with E-state index in [-0.39, 0.29) is 5.69 Å². The average molecular weight is 348 g/mol. The Bertz CT molecular complexity index is 1130. The van der Waals surface area contributed by atoms with Crippen LogP contribution in [0, 0.1) is 6.92 Å². The number of imidazole rings is 1. The number of nitrogens with zero attached hydrogens (tertiary/aromatic N) is 3. The number of rotatable bonds is 4. The molecule has 0 aliphatic carbocycles. The van der Waals surface area contributed by atoms with Crippen molar-refractivity contribution in [3.05, 3.63) is 71.0 Å². The molecule has 3 aromatic heterocycles. The summed E-state index contributed by atoms with van der Waals surface area (Å²) >= 11 is 0. The summed E-state index contributed by atoms with van der Waals surface area (Å²) in [5.41, 5.74) is 2.83. The lowest BCUT2D eigenvalue weighted by Gasteiger charge is -2.09. The second-order valence-electron chi connectivity index (χ2n) is 5.75. The van der Waals surface area contributed by atoms with Crippen molar-refractivity contribution in [2.24, 2.45) is 0 Å². The largest absolute Gasteiger partial charge is 0.496 e. The quantitative estimate of drug-likeness (QED) is 0.612. The summed E-state index contributed by atoms with van der Waals surface area (Å²) in [6.45, 7) is 1.96. The lowest BCUT2D eigenvalue weighted by Crippen LogP contribution is -2.14. The SMILES string of the molecule is COc1cc(Oc2ccc(-n3c(=O)[nH]c4cnccc43)cn2)ccc1C. The zero-order valence-corrected chi connectivity index (χ0v) is 14.3. The third-order valence-electron chi connectivity index (χ3n) is 4.06. The Kier molecular flexibility index (Phi) is 3.89. The van der Waals surface area contributed by atoms with Crippen LogP contribution in [0.3, 0.4) is 0 Å². The van der Waals surface area contributed by atoms with E-state index in [0.29, 0.717) is 22.8 Å². The smallest absolute Gasteiger partial charge is 0.331 e. The molecule has 0 aliphatic rings. The molecule has 0 amide bonds. The van der Waals surface area contributed by atoms with Gasteiger partial charge in [0.2, 0.25) is 5.88 Å². The van der Waals surface area contributed by atoms with Crippen LogP contribution >= 0.6 is 0 Å². The zero-order valence-electron chi connectivity index (χ0n) is 14.3. The van der Waals surface area contributed by atoms with Crippen molar-refractivity contribution in [1.82, 2.24) is 19.5 Å². The first kappa shape index (κ1) is 15.9. The molecule has 1 N–H and O–H groups in total. The first-order chi connectivity index (χ1) is 12.7. The fourth-order valence-corrected chi connectivity index (χ4v) is 2.76. The van der Waals surface area contributed by atoms with Crippen LogP contribution in [0.15, 0.2) is 59.8 Å². The van der Waals surface area contributed by atoms with Gasteiger partial charge < -0.3 is 14.5 Å². The number of aromatic amines is 1. The van der Waals surface area contributed by atoms with Gasteiger partial charge in [0, 0.05) is 18.3 Å². The van der Waals surface area contributed by atoms with Gasteiger partial charge in [0.1, 0.15) is 11.5 Å². The van der Waals surface area contributed by atoms with Crippen LogP contribution in [0.2, 0.25) is 0 Å². The third kappa shape index (κ3) is 2.79. The molecule has 4 aromatic rings. The summed E-state index contributed by atoms with van der Waals surface area (Å²) in [7, 11) is 1.62. The van der Waals surface area contributed by atoms with Gasteiger partial charge in [-0.25, -0.2) is 9.78 Å². The summed E-state index contributed by atoms with van der Waals surface area (Å²) in [4.78, 5) is 23.3. The van der Waals surface area contributed by atoms with Crippen molar-refractivity contribution in [1.29, 1.82) is 0 Å². The van der Waals surface area contributed by atoms with E-state index in [1.165, 1.54) is 0 Å². The van der Waals surface area contributed by atoms with Gasteiger partial charge in [0.05, 0.1) is 36.2 Å². The molecule has 0 unspecified atom stereocenters. The maximum Gasteiger partial charge on any atom is 0.331 e. The van der Waals surface area contributed by atoms with Gasteiger partial charge >= 0.3 is 5.69 Å². The van der Waals surface area contributed by atoms with Crippen LogP contribution in [0.4, 0.5) is 0 Å². The van der Waals surface area contributed by atoms with Gasteiger partial charge in [-0.05, 0) is 30.7 Å². The van der Waals surface area contributed by atoms with Gasteiger partial charge in [-0.15, -0.1) is 0 Å². The molecule has 3 heterocycles. The molecular formula is C19H16N4O3. The minimum Gasteiger partial charge on any atom is -0.496 e. The fraction of sp³-hybridized carbons (Fsp3) is 0.105. The summed E-state index contributed by atoms with van der Waals surface area (Å²) in [6, 6.07) is 10.8. The number of H-pyrrole nitrogens is 1. The number of hydrogen-bond acceptors (Lipinski definition) is 5. The minimum atomic E-state index is -0.244. The van der Waals surface area contributed by atoms with Gasteiger partial charge in [-0.1, -0.05) is 6.07 Å². The number of aromatic nitrogens is 4. The van der Waals surface area contributed by atoms with E-state index in [4.69, 9.17) is 9.47 Å². The van der Waals surface area contributed by atoms with Crippen LogP contribution < -0.4 is 15.2 Å². The van der Waals surface area contributed by atoms with E-state index in [1.54, 1.807) is 48.5 Å². The zero-order chi connectivity index (χ0) is 18.1. The summed E-state index contributed by atoms with van der Waals surface area (Å²) < 4.78 is 12.6. The van der Waals surface area contributed by atoms with E-state index in [2.05, 4.69) is 15.0 Å². The minimum absolute atomic E-state index is 0.244. The lowest BCUT2D eigenvalue weighted by molar-refractivity contribution is 0.404. The summed E-state index contributed by atoms with van der Waals surface area (Å²) in [5, 5.41) is 0. The molecule has 0 radical (unpaired) electrons. The second kappa shape index (κ2) is 6.36. The maximum atomic E-state index is 12.2. The first-order valence-corrected chi connectivity index (χ1v) is 7.99. The van der Waals surface area contributed by atoms with Gasteiger partial charge in [-0.2, -0.15) is 0 Å². The van der Waals surface area contributed by atoms with Crippen molar-refractivity contribution in [3.63, 3.8) is 0 Å². The Labute approximate surface area is 148 Å². The summed E-state index contributed by atoms with van der Waals surface area (Å²) in [5.74, 6) is 1.80. The molecule has 1 aromatic carbocycles. The number of aryl methyl sites for hydroxylation is 1. The predicted molar refractivity (Wildman–Crippen MR) is 97.3 cm³/mol. The highest BCUT2D eigenvalue weighted by atomic mass is 16.5. The Hall–Kier alpha value is -3.61. The Morgan fingerprint density at radius 1 is 1.12 bits per heavy atom. The second-order valence-corrected chi connectivity index (χ2v) is 5.75. The number of nitrogens with one attached hydrogen (secondary N) is 1. The molecule has 0 saturated heterocycles. The Morgan fingerprint density at radius 3 is 2.77 bits per heavy atom. The number of methoxy groups -OCH3 is 1. The number of benzene rings is 1. The lowest BCUT2D eigenvalue weighted by atomic mass is 10.2. The van der Waals surface area contributed by atoms with Crippen LogP contribution in [0.1, 0.15) is 5.56 Å². The molecule has 0 fully saturated rings. The predicted octanol–water partition coefficient (Wildman–Crippen LogP) is 3.22. The highest BCUT2D eigenvalue weighted by molar-refractivity contribution is 5.75. The molecule has 0 bridgehead atoms. The molecule has 7 nitrogen and oxygen atoms in total. The highest BCUT2D eigenvalue weighted by Gasteiger charge is 2.10. The Balaban J connectivity index is 1.65. The molecule has 26 heavy (non-hydrogen) atoms. The molecule has 0 saturated carbocycles. The standard InChI is InChI=1S/C19H16N4O3/c1-12-3-5-14(9-17(12)25-2)26-18-6-4-13(10-21-18)23-16-7-8-20-11-15(16)22-19(23)24/h3-11H,1-2H3,(H,22,24). The van der Waals surface area contributed by atoms with Crippen LogP contribution in [-0.4, -0.2) is 26.6 Å². The van der Waals surface area contributed by atoms with E-state index >= 15 is 0 Å². The topological polar surface area (TPSA) is 82.0 Å². The molecule has 0 atom stereocenters. The molecule has 0 aliphatic heterocycles. The third-order valence-corrected chi connectivity index (χ3v) is 4.06. The van der Waals surface area contributed by atoms with Crippen LogP contribution in [0.25, 0.3) is 16.7 Å². The molecular weight excluding hydrogens is 332 g/mol. The van der Waals surface area contributed by atoms with Gasteiger partial charge in [0.25, 0.3) is 0 Å². The van der Waals surface area contributed by atoms with Crippen LogP contribution in [-0.2, 0) is 0 Å². The number of hydrogen-bond donors (Lipinski definition) is 1. The number of pyridine rings is 2. The molecule has 4 rings (SSSR count). The molecule has 0 spiro atoms. The fourth-order valence-electron chi connectivity index (χ4n) is 2.76. The monoisotopic (exact) mass is 348 g/mol. The summed E-state index contributed by atoms with van der Waals surface area (Å²) in [6.07, 6.45) is 4.85. The maximum absolute atomic E-state index is 12.2. The van der Waals surface area contributed by atoms with E-state index in [9.17, 15) is 4.79 Å². The van der Waals surface area contributed by atoms with Crippen molar-refractivity contribution >= 4 is 11.0 Å². The van der Waals surface area contributed by atoms with Crippen molar-refractivity contribution < 1.29 is 9.47 Å². The number of ether oxygens (including phenoxy) is 2. The van der Waals surface area contributed by atoms with E-state index in [1.807, 2.05) is 25.1 Å². The van der Waals surface area contributed by atoms with E-state index in [0.717, 1.165) is 16.8 Å². The van der Waals surface area contributed by atoms with Crippen molar-refractivity contribution in [3.8, 4) is 23.1 Å². The van der Waals surface area contributed by atoms with Crippen LogP contribution in [0.5, 0.6) is 17.4 Å². The highest BCUT2D eigenvalue weighted by Crippen LogP contribution is 2.27.